The number of para-hydroxylation sites is 1. The van der Waals surface area contributed by atoms with Crippen LogP contribution in [0.2, 0.25) is 0 Å². The van der Waals surface area contributed by atoms with Gasteiger partial charge in [0.15, 0.2) is 0 Å². The van der Waals surface area contributed by atoms with Crippen LogP contribution >= 0.6 is 0 Å². The van der Waals surface area contributed by atoms with E-state index in [0.29, 0.717) is 11.3 Å². The Bertz CT molecular complexity index is 897. The Kier molecular flexibility index (Phi) is 4.52. The van der Waals surface area contributed by atoms with Crippen LogP contribution in [0, 0.1) is 18.8 Å². The van der Waals surface area contributed by atoms with E-state index in [1.165, 1.54) is 4.90 Å². The molecule has 1 saturated heterocycles. The van der Waals surface area contributed by atoms with Gasteiger partial charge in [0.05, 0.1) is 17.5 Å². The van der Waals surface area contributed by atoms with Crippen molar-refractivity contribution < 1.29 is 14.4 Å². The van der Waals surface area contributed by atoms with Gasteiger partial charge in [-0.1, -0.05) is 37.1 Å². The van der Waals surface area contributed by atoms with Crippen molar-refractivity contribution in [3.05, 3.63) is 59.7 Å². The predicted molar refractivity (Wildman–Crippen MR) is 104 cm³/mol. The number of fused-ring (bicyclic) bond motifs is 1. The molecule has 1 aliphatic heterocycles. The first-order valence-electron chi connectivity index (χ1n) is 9.41. The van der Waals surface area contributed by atoms with Gasteiger partial charge in [-0.2, -0.15) is 0 Å². The van der Waals surface area contributed by atoms with Crippen molar-refractivity contribution in [2.24, 2.45) is 11.8 Å². The quantitative estimate of drug-likeness (QED) is 0.842. The lowest BCUT2D eigenvalue weighted by molar-refractivity contribution is -0.122. The number of anilines is 2. The number of nitrogens with zero attached hydrogens (tertiary/aromatic N) is 1. The molecule has 2 atom stereocenters. The molecule has 5 heteroatoms. The van der Waals surface area contributed by atoms with Gasteiger partial charge in [0.2, 0.25) is 11.8 Å². The van der Waals surface area contributed by atoms with Crippen LogP contribution in [0.25, 0.3) is 0 Å². The van der Waals surface area contributed by atoms with Gasteiger partial charge in [0, 0.05) is 11.3 Å². The predicted octanol–water partition coefficient (Wildman–Crippen LogP) is 3.93. The molecule has 2 aromatic carbocycles. The van der Waals surface area contributed by atoms with E-state index >= 15 is 0 Å². The van der Waals surface area contributed by atoms with Crippen LogP contribution in [-0.4, -0.2) is 17.7 Å². The molecular formula is C22H22N2O3. The molecule has 1 heterocycles. The van der Waals surface area contributed by atoms with Crippen molar-refractivity contribution in [2.75, 3.05) is 10.2 Å². The van der Waals surface area contributed by atoms with Gasteiger partial charge in [-0.25, -0.2) is 0 Å². The van der Waals surface area contributed by atoms with E-state index in [0.717, 1.165) is 36.9 Å². The van der Waals surface area contributed by atoms with Crippen LogP contribution in [-0.2, 0) is 9.59 Å². The Morgan fingerprint density at radius 2 is 1.63 bits per heavy atom. The molecule has 0 unspecified atom stereocenters. The summed E-state index contributed by atoms with van der Waals surface area (Å²) in [4.78, 5) is 39.5. The van der Waals surface area contributed by atoms with Gasteiger partial charge >= 0.3 is 0 Å². The third-order valence-corrected chi connectivity index (χ3v) is 5.60. The number of hydrogen-bond acceptors (Lipinski definition) is 3. The minimum Gasteiger partial charge on any atom is -0.322 e. The van der Waals surface area contributed by atoms with E-state index in [4.69, 9.17) is 0 Å². The summed E-state index contributed by atoms with van der Waals surface area (Å²) in [6.45, 7) is 1.93. The number of carbonyl (C=O) groups is 3. The molecule has 27 heavy (non-hydrogen) atoms. The van der Waals surface area contributed by atoms with Gasteiger partial charge in [-0.05, 0) is 49.6 Å². The lowest BCUT2D eigenvalue weighted by atomic mass is 9.81. The second-order valence-corrected chi connectivity index (χ2v) is 7.33. The molecule has 5 nitrogen and oxygen atoms in total. The Balaban J connectivity index is 1.59. The van der Waals surface area contributed by atoms with Crippen molar-refractivity contribution >= 4 is 29.1 Å². The second kappa shape index (κ2) is 6.99. The number of benzene rings is 2. The lowest BCUT2D eigenvalue weighted by Crippen LogP contribution is -2.31. The summed E-state index contributed by atoms with van der Waals surface area (Å²) in [6.07, 6.45) is 3.54. The van der Waals surface area contributed by atoms with Crippen LogP contribution < -0.4 is 10.2 Å². The summed E-state index contributed by atoms with van der Waals surface area (Å²) in [5.74, 6) is -0.906. The Hall–Kier alpha value is -2.95. The molecule has 138 valence electrons. The van der Waals surface area contributed by atoms with Crippen molar-refractivity contribution in [3.63, 3.8) is 0 Å². The van der Waals surface area contributed by atoms with Gasteiger partial charge < -0.3 is 5.32 Å². The summed E-state index contributed by atoms with van der Waals surface area (Å²) in [6, 6.07) is 14.3. The maximum Gasteiger partial charge on any atom is 0.255 e. The Morgan fingerprint density at radius 1 is 0.963 bits per heavy atom. The van der Waals surface area contributed by atoms with Crippen LogP contribution in [0.5, 0.6) is 0 Å². The number of carbonyl (C=O) groups excluding carboxylic acids is 3. The normalized spacial score (nSPS) is 21.9. The average Bonchev–Trinajstić information content (AvgIpc) is 2.94. The molecule has 0 spiro atoms. The van der Waals surface area contributed by atoms with Crippen molar-refractivity contribution in [3.8, 4) is 0 Å². The number of hydrogen-bond donors (Lipinski definition) is 1. The first-order valence-corrected chi connectivity index (χ1v) is 9.41. The van der Waals surface area contributed by atoms with Crippen LogP contribution in [0.15, 0.2) is 48.5 Å². The molecule has 1 aliphatic carbocycles. The Morgan fingerprint density at radius 3 is 2.30 bits per heavy atom. The van der Waals surface area contributed by atoms with Crippen LogP contribution in [0.1, 0.15) is 41.6 Å². The zero-order valence-electron chi connectivity index (χ0n) is 15.3. The Labute approximate surface area is 158 Å². The van der Waals surface area contributed by atoms with Crippen molar-refractivity contribution in [1.29, 1.82) is 0 Å². The third kappa shape index (κ3) is 3.14. The number of rotatable bonds is 3. The van der Waals surface area contributed by atoms with Crippen molar-refractivity contribution in [1.82, 2.24) is 0 Å². The van der Waals surface area contributed by atoms with E-state index in [2.05, 4.69) is 5.32 Å². The number of imide groups is 1. The lowest BCUT2D eigenvalue weighted by Gasteiger charge is -2.19. The van der Waals surface area contributed by atoms with Gasteiger partial charge in [0.25, 0.3) is 5.91 Å². The molecule has 0 radical (unpaired) electrons. The molecule has 2 aliphatic rings. The molecule has 3 amide bonds. The number of amides is 3. The molecule has 0 bridgehead atoms. The fourth-order valence-corrected chi connectivity index (χ4v) is 4.11. The average molecular weight is 362 g/mol. The first-order chi connectivity index (χ1) is 13.1. The fraction of sp³-hybridized carbons (Fsp3) is 0.318. The van der Waals surface area contributed by atoms with Crippen LogP contribution in [0.3, 0.4) is 0 Å². The molecular weight excluding hydrogens is 340 g/mol. The summed E-state index contributed by atoms with van der Waals surface area (Å²) in [5, 5.41) is 2.89. The highest BCUT2D eigenvalue weighted by molar-refractivity contribution is 6.22. The topological polar surface area (TPSA) is 66.5 Å². The highest BCUT2D eigenvalue weighted by atomic mass is 16.2. The largest absolute Gasteiger partial charge is 0.322 e. The molecule has 1 saturated carbocycles. The first kappa shape index (κ1) is 17.5. The van der Waals surface area contributed by atoms with E-state index in [1.54, 1.807) is 24.3 Å². The van der Waals surface area contributed by atoms with Gasteiger partial charge in [0.1, 0.15) is 0 Å². The summed E-state index contributed by atoms with van der Waals surface area (Å²) >= 11 is 0. The zero-order valence-corrected chi connectivity index (χ0v) is 15.3. The minimum atomic E-state index is -0.261. The molecule has 4 rings (SSSR count). The zero-order chi connectivity index (χ0) is 19.0. The highest BCUT2D eigenvalue weighted by Gasteiger charge is 2.48. The molecule has 1 N–H and O–H groups in total. The maximum absolute atomic E-state index is 12.8. The fourth-order valence-electron chi connectivity index (χ4n) is 4.11. The maximum atomic E-state index is 12.8. The molecule has 0 aromatic heterocycles. The summed E-state index contributed by atoms with van der Waals surface area (Å²) < 4.78 is 0. The summed E-state index contributed by atoms with van der Waals surface area (Å²) in [7, 11) is 0. The van der Waals surface area contributed by atoms with E-state index < -0.39 is 0 Å². The van der Waals surface area contributed by atoms with Gasteiger partial charge in [-0.3, -0.25) is 19.3 Å². The highest BCUT2D eigenvalue weighted by Crippen LogP contribution is 2.40. The standard InChI is InChI=1S/C22H22N2O3/c1-14-7-2-5-12-19(14)23-20(25)15-8-6-9-16(13-15)24-21(26)17-10-3-4-11-18(17)22(24)27/h2,5-9,12-13,17-18H,3-4,10-11H2,1H3,(H,23,25)/t17-,18+. The number of nitrogens with one attached hydrogen (secondary N) is 1. The van der Waals surface area contributed by atoms with Crippen molar-refractivity contribution in [2.45, 2.75) is 32.6 Å². The van der Waals surface area contributed by atoms with E-state index in [9.17, 15) is 14.4 Å². The minimum absolute atomic E-state index is 0.124. The molecule has 2 aromatic rings. The molecule has 2 fully saturated rings. The van der Waals surface area contributed by atoms with E-state index in [-0.39, 0.29) is 29.6 Å². The smallest absolute Gasteiger partial charge is 0.255 e. The monoisotopic (exact) mass is 362 g/mol. The SMILES string of the molecule is Cc1ccccc1NC(=O)c1cccc(N2C(=O)[C@H]3CCCC[C@H]3C2=O)c1. The van der Waals surface area contributed by atoms with Crippen LogP contribution in [0.4, 0.5) is 11.4 Å². The third-order valence-electron chi connectivity index (χ3n) is 5.60. The number of aryl methyl sites for hydroxylation is 1. The second-order valence-electron chi connectivity index (χ2n) is 7.33. The summed E-state index contributed by atoms with van der Waals surface area (Å²) in [5.41, 5.74) is 2.62. The van der Waals surface area contributed by atoms with E-state index in [1.807, 2.05) is 31.2 Å². The van der Waals surface area contributed by atoms with Gasteiger partial charge in [-0.15, -0.1) is 0 Å².